The molecule has 5 nitrogen and oxygen atoms in total. The Kier molecular flexibility index (Phi) is 4.61. The van der Waals surface area contributed by atoms with E-state index >= 15 is 0 Å². The summed E-state index contributed by atoms with van der Waals surface area (Å²) in [5, 5.41) is 14.8. The summed E-state index contributed by atoms with van der Waals surface area (Å²) in [4.78, 5) is 11.4. The smallest absolute Gasteiger partial charge is 0.239 e. The lowest BCUT2D eigenvalue weighted by Crippen LogP contribution is -2.33. The van der Waals surface area contributed by atoms with Crippen LogP contribution in [0.25, 0.3) is 0 Å². The van der Waals surface area contributed by atoms with Crippen molar-refractivity contribution in [2.24, 2.45) is 0 Å². The zero-order valence-electron chi connectivity index (χ0n) is 10.3. The van der Waals surface area contributed by atoms with Gasteiger partial charge in [-0.2, -0.15) is 5.26 Å². The van der Waals surface area contributed by atoms with Crippen molar-refractivity contribution in [3.63, 3.8) is 0 Å². The number of nitrogens with zero attached hydrogens (tertiary/aromatic N) is 1. The van der Waals surface area contributed by atoms with Crippen molar-refractivity contribution in [1.82, 2.24) is 0 Å². The van der Waals surface area contributed by atoms with Gasteiger partial charge in [0.25, 0.3) is 0 Å². The van der Waals surface area contributed by atoms with Gasteiger partial charge in [0.1, 0.15) is 5.88 Å². The first-order valence-corrected chi connectivity index (χ1v) is 6.52. The molecule has 1 aromatic rings. The molecule has 1 saturated heterocycles. The van der Waals surface area contributed by atoms with Crippen LogP contribution in [-0.2, 0) is 9.53 Å². The Morgan fingerprint density at radius 1 is 1.53 bits per heavy atom. The first kappa shape index (κ1) is 13.7. The maximum absolute atomic E-state index is 11.4. The van der Waals surface area contributed by atoms with Crippen molar-refractivity contribution >= 4 is 28.9 Å². The molecule has 0 unspecified atom stereocenters. The van der Waals surface area contributed by atoms with Crippen molar-refractivity contribution < 1.29 is 9.53 Å². The second-order valence-electron chi connectivity index (χ2n) is 4.22. The quantitative estimate of drug-likeness (QED) is 0.808. The number of carbonyl (C=O) groups excluding carboxylic acids is 1. The van der Waals surface area contributed by atoms with Gasteiger partial charge in [-0.25, -0.2) is 0 Å². The minimum absolute atomic E-state index is 0.123. The molecule has 1 aliphatic heterocycles. The van der Waals surface area contributed by atoms with Crippen molar-refractivity contribution in [3.8, 4) is 6.07 Å². The van der Waals surface area contributed by atoms with Crippen LogP contribution in [0.1, 0.15) is 12.0 Å². The number of carbonyl (C=O) groups is 1. The summed E-state index contributed by atoms with van der Waals surface area (Å²) < 4.78 is 5.32. The SMILES string of the molecule is N#Cc1ccc(NC[C@@H]2CCO2)c(NC(=O)CCl)c1. The van der Waals surface area contributed by atoms with E-state index in [1.54, 1.807) is 18.2 Å². The van der Waals surface area contributed by atoms with Crippen LogP contribution in [0.2, 0.25) is 0 Å². The molecular weight excluding hydrogens is 266 g/mol. The number of anilines is 2. The van der Waals surface area contributed by atoms with Gasteiger partial charge in [-0.3, -0.25) is 4.79 Å². The van der Waals surface area contributed by atoms with E-state index in [4.69, 9.17) is 21.6 Å². The lowest BCUT2D eigenvalue weighted by atomic mass is 10.1. The highest BCUT2D eigenvalue weighted by Crippen LogP contribution is 2.24. The number of hydrogen-bond acceptors (Lipinski definition) is 4. The maximum atomic E-state index is 11.4. The lowest BCUT2D eigenvalue weighted by molar-refractivity contribution is -0.113. The van der Waals surface area contributed by atoms with E-state index in [0.717, 1.165) is 18.7 Å². The lowest BCUT2D eigenvalue weighted by Gasteiger charge is -2.27. The number of hydrogen-bond donors (Lipinski definition) is 2. The van der Waals surface area contributed by atoms with Crippen LogP contribution in [0.4, 0.5) is 11.4 Å². The molecule has 100 valence electrons. The van der Waals surface area contributed by atoms with Gasteiger partial charge in [0.15, 0.2) is 0 Å². The molecule has 0 spiro atoms. The van der Waals surface area contributed by atoms with Crippen LogP contribution in [0.5, 0.6) is 0 Å². The second kappa shape index (κ2) is 6.41. The Labute approximate surface area is 116 Å². The highest BCUT2D eigenvalue weighted by molar-refractivity contribution is 6.29. The molecule has 2 rings (SSSR count). The molecule has 1 aliphatic rings. The molecule has 0 aromatic heterocycles. The summed E-state index contributed by atoms with van der Waals surface area (Å²) in [5.41, 5.74) is 1.80. The minimum Gasteiger partial charge on any atom is -0.381 e. The Bertz CT molecular complexity index is 509. The molecule has 1 fully saturated rings. The summed E-state index contributed by atoms with van der Waals surface area (Å²) in [6, 6.07) is 7.12. The average Bonchev–Trinajstić information content (AvgIpc) is 2.38. The van der Waals surface area contributed by atoms with E-state index in [2.05, 4.69) is 10.6 Å². The third-order valence-corrected chi connectivity index (χ3v) is 3.10. The monoisotopic (exact) mass is 279 g/mol. The average molecular weight is 280 g/mol. The number of nitriles is 1. The number of ether oxygens (including phenoxy) is 1. The Balaban J connectivity index is 2.10. The van der Waals surface area contributed by atoms with Crippen molar-refractivity contribution in [3.05, 3.63) is 23.8 Å². The molecule has 0 bridgehead atoms. The van der Waals surface area contributed by atoms with Gasteiger partial charge in [0, 0.05) is 13.2 Å². The van der Waals surface area contributed by atoms with E-state index in [1.807, 2.05) is 6.07 Å². The van der Waals surface area contributed by atoms with E-state index in [1.165, 1.54) is 0 Å². The van der Waals surface area contributed by atoms with E-state index in [9.17, 15) is 4.79 Å². The van der Waals surface area contributed by atoms with Gasteiger partial charge in [-0.1, -0.05) is 0 Å². The van der Waals surface area contributed by atoms with Crippen molar-refractivity contribution in [2.45, 2.75) is 12.5 Å². The van der Waals surface area contributed by atoms with E-state index in [0.29, 0.717) is 17.8 Å². The topological polar surface area (TPSA) is 74.2 Å². The molecule has 6 heteroatoms. The van der Waals surface area contributed by atoms with Gasteiger partial charge in [0.05, 0.1) is 29.1 Å². The standard InChI is InChI=1S/C13H14ClN3O2/c14-6-13(18)17-12-5-9(7-15)1-2-11(12)16-8-10-3-4-19-10/h1-2,5,10,16H,3-4,6,8H2,(H,17,18)/t10-/m0/s1. The summed E-state index contributed by atoms with van der Waals surface area (Å²) in [5.74, 6) is -0.429. The Morgan fingerprint density at radius 2 is 2.32 bits per heavy atom. The van der Waals surface area contributed by atoms with E-state index < -0.39 is 0 Å². The van der Waals surface area contributed by atoms with E-state index in [-0.39, 0.29) is 17.9 Å². The summed E-state index contributed by atoms with van der Waals surface area (Å²) in [7, 11) is 0. The fourth-order valence-electron chi connectivity index (χ4n) is 1.72. The molecule has 2 N–H and O–H groups in total. The molecule has 0 saturated carbocycles. The van der Waals surface area contributed by atoms with Crippen LogP contribution in [0.15, 0.2) is 18.2 Å². The van der Waals surface area contributed by atoms with Gasteiger partial charge in [0.2, 0.25) is 5.91 Å². The van der Waals surface area contributed by atoms with Crippen LogP contribution in [0.3, 0.4) is 0 Å². The molecule has 0 radical (unpaired) electrons. The fourth-order valence-corrected chi connectivity index (χ4v) is 1.79. The highest BCUT2D eigenvalue weighted by Gasteiger charge is 2.18. The minimum atomic E-state index is -0.306. The summed E-state index contributed by atoms with van der Waals surface area (Å²) in [6.45, 7) is 1.48. The first-order chi connectivity index (χ1) is 9.22. The van der Waals surface area contributed by atoms with Gasteiger partial charge in [-0.05, 0) is 24.6 Å². The van der Waals surface area contributed by atoms with Crippen LogP contribution >= 0.6 is 11.6 Å². The first-order valence-electron chi connectivity index (χ1n) is 5.98. The van der Waals surface area contributed by atoms with Gasteiger partial charge < -0.3 is 15.4 Å². The number of nitrogens with one attached hydrogen (secondary N) is 2. The van der Waals surface area contributed by atoms with Gasteiger partial charge >= 0.3 is 0 Å². The normalized spacial score (nSPS) is 17.2. The third kappa shape index (κ3) is 3.60. The van der Waals surface area contributed by atoms with Crippen molar-refractivity contribution in [2.75, 3.05) is 29.7 Å². The largest absolute Gasteiger partial charge is 0.381 e. The number of halogens is 1. The summed E-state index contributed by atoms with van der Waals surface area (Å²) in [6.07, 6.45) is 1.25. The number of benzene rings is 1. The van der Waals surface area contributed by atoms with Crippen molar-refractivity contribution in [1.29, 1.82) is 5.26 Å². The fraction of sp³-hybridized carbons (Fsp3) is 0.385. The van der Waals surface area contributed by atoms with Crippen LogP contribution in [-0.4, -0.2) is 31.0 Å². The summed E-state index contributed by atoms with van der Waals surface area (Å²) >= 11 is 5.47. The zero-order chi connectivity index (χ0) is 13.7. The Morgan fingerprint density at radius 3 is 2.89 bits per heavy atom. The molecule has 1 amide bonds. The molecule has 0 aliphatic carbocycles. The van der Waals surface area contributed by atoms with Crippen LogP contribution < -0.4 is 10.6 Å². The molecule has 1 atom stereocenters. The second-order valence-corrected chi connectivity index (χ2v) is 4.48. The number of amides is 1. The molecular formula is C13H14ClN3O2. The number of alkyl halides is 1. The zero-order valence-corrected chi connectivity index (χ0v) is 11.0. The van der Waals surface area contributed by atoms with Gasteiger partial charge in [-0.15, -0.1) is 11.6 Å². The predicted molar refractivity (Wildman–Crippen MR) is 73.4 cm³/mol. The maximum Gasteiger partial charge on any atom is 0.239 e. The third-order valence-electron chi connectivity index (χ3n) is 2.86. The highest BCUT2D eigenvalue weighted by atomic mass is 35.5. The molecule has 19 heavy (non-hydrogen) atoms. The predicted octanol–water partition coefficient (Wildman–Crippen LogP) is 1.94. The molecule has 1 heterocycles. The number of rotatable bonds is 5. The Hall–Kier alpha value is -1.77. The van der Waals surface area contributed by atoms with Crippen LogP contribution in [0, 0.1) is 11.3 Å². The molecule has 1 aromatic carbocycles.